The molecule has 1 N–H and O–H groups in total. The molecule has 3 rings (SSSR count). The summed E-state index contributed by atoms with van der Waals surface area (Å²) < 4.78 is 0. The average Bonchev–Trinajstić information content (AvgIpc) is 2.78. The SMILES string of the molecule is N#Cc1ccc(CN2CC(=O)Cc3ccc(C(=O)CO)cc3C2)cc1. The number of hydrogen-bond donors (Lipinski definition) is 1. The number of Topliss-reactive ketones (excluding diaryl/α,β-unsaturated/α-hetero) is 2. The van der Waals surface area contributed by atoms with Gasteiger partial charge in [0.15, 0.2) is 11.6 Å². The van der Waals surface area contributed by atoms with Gasteiger partial charge in [-0.05, 0) is 34.9 Å². The molecule has 5 heteroatoms. The van der Waals surface area contributed by atoms with Gasteiger partial charge in [-0.25, -0.2) is 0 Å². The standard InChI is InChI=1S/C20H18N2O3/c21-9-14-1-3-15(4-2-14)10-22-11-18-7-17(20(25)13-23)6-5-16(18)8-19(24)12-22/h1-7,23H,8,10-13H2. The van der Waals surface area contributed by atoms with Crippen molar-refractivity contribution < 1.29 is 14.7 Å². The Labute approximate surface area is 146 Å². The summed E-state index contributed by atoms with van der Waals surface area (Å²) in [5.74, 6) is -0.189. The third-order valence-corrected chi connectivity index (χ3v) is 4.34. The van der Waals surface area contributed by atoms with E-state index >= 15 is 0 Å². The fourth-order valence-corrected chi connectivity index (χ4v) is 3.08. The molecule has 1 heterocycles. The molecular weight excluding hydrogens is 316 g/mol. The number of hydrogen-bond acceptors (Lipinski definition) is 5. The summed E-state index contributed by atoms with van der Waals surface area (Å²) >= 11 is 0. The number of ketones is 2. The number of aliphatic hydroxyl groups is 1. The van der Waals surface area contributed by atoms with Gasteiger partial charge in [-0.1, -0.05) is 24.3 Å². The van der Waals surface area contributed by atoms with Crippen molar-refractivity contribution in [1.29, 1.82) is 5.26 Å². The van der Waals surface area contributed by atoms with E-state index in [0.717, 1.165) is 16.7 Å². The van der Waals surface area contributed by atoms with E-state index in [2.05, 4.69) is 6.07 Å². The number of carbonyl (C=O) groups is 2. The van der Waals surface area contributed by atoms with E-state index in [4.69, 9.17) is 10.4 Å². The Bertz CT molecular complexity index is 850. The third-order valence-electron chi connectivity index (χ3n) is 4.34. The van der Waals surface area contributed by atoms with Crippen LogP contribution in [0.5, 0.6) is 0 Å². The summed E-state index contributed by atoms with van der Waals surface area (Å²) in [6, 6.07) is 14.6. The van der Waals surface area contributed by atoms with Crippen LogP contribution in [0.25, 0.3) is 0 Å². The van der Waals surface area contributed by atoms with Crippen LogP contribution in [0.15, 0.2) is 42.5 Å². The summed E-state index contributed by atoms with van der Waals surface area (Å²) in [5.41, 5.74) is 3.97. The zero-order valence-electron chi connectivity index (χ0n) is 13.7. The molecule has 0 atom stereocenters. The van der Waals surface area contributed by atoms with Crippen LogP contribution in [0.3, 0.4) is 0 Å². The quantitative estimate of drug-likeness (QED) is 0.863. The number of fused-ring (bicyclic) bond motifs is 1. The number of benzene rings is 2. The molecule has 0 amide bonds. The molecule has 0 saturated carbocycles. The first-order valence-corrected chi connectivity index (χ1v) is 8.08. The van der Waals surface area contributed by atoms with E-state index in [1.54, 1.807) is 30.3 Å². The van der Waals surface area contributed by atoms with E-state index in [1.165, 1.54) is 0 Å². The molecule has 0 radical (unpaired) electrons. The molecule has 0 bridgehead atoms. The van der Waals surface area contributed by atoms with Crippen LogP contribution in [-0.4, -0.2) is 34.7 Å². The van der Waals surface area contributed by atoms with Crippen molar-refractivity contribution >= 4 is 11.6 Å². The van der Waals surface area contributed by atoms with Crippen LogP contribution < -0.4 is 0 Å². The molecule has 0 aromatic heterocycles. The molecule has 2 aromatic carbocycles. The molecule has 25 heavy (non-hydrogen) atoms. The first kappa shape index (κ1) is 17.0. The number of carbonyl (C=O) groups excluding carboxylic acids is 2. The average molecular weight is 334 g/mol. The van der Waals surface area contributed by atoms with Gasteiger partial charge in [-0.15, -0.1) is 0 Å². The van der Waals surface area contributed by atoms with Crippen molar-refractivity contribution in [2.45, 2.75) is 19.5 Å². The summed E-state index contributed by atoms with van der Waals surface area (Å²) in [4.78, 5) is 26.0. The lowest BCUT2D eigenvalue weighted by Crippen LogP contribution is -2.27. The normalized spacial score (nSPS) is 14.5. The Balaban J connectivity index is 1.83. The zero-order chi connectivity index (χ0) is 17.8. The zero-order valence-corrected chi connectivity index (χ0v) is 13.7. The fourth-order valence-electron chi connectivity index (χ4n) is 3.08. The first-order chi connectivity index (χ1) is 12.1. The molecule has 2 aromatic rings. The largest absolute Gasteiger partial charge is 0.388 e. The van der Waals surface area contributed by atoms with Gasteiger partial charge >= 0.3 is 0 Å². The molecular formula is C20H18N2O3. The van der Waals surface area contributed by atoms with Gasteiger partial charge < -0.3 is 5.11 Å². The van der Waals surface area contributed by atoms with Crippen molar-refractivity contribution in [3.63, 3.8) is 0 Å². The number of aliphatic hydroxyl groups excluding tert-OH is 1. The van der Waals surface area contributed by atoms with Crippen LogP contribution in [0, 0.1) is 11.3 Å². The highest BCUT2D eigenvalue weighted by atomic mass is 16.3. The maximum Gasteiger partial charge on any atom is 0.188 e. The van der Waals surface area contributed by atoms with Gasteiger partial charge in [0.2, 0.25) is 0 Å². The van der Waals surface area contributed by atoms with Crippen molar-refractivity contribution in [3.05, 3.63) is 70.3 Å². The van der Waals surface area contributed by atoms with E-state index in [-0.39, 0.29) is 11.6 Å². The van der Waals surface area contributed by atoms with E-state index in [9.17, 15) is 9.59 Å². The highest BCUT2D eigenvalue weighted by Gasteiger charge is 2.21. The van der Waals surface area contributed by atoms with Crippen molar-refractivity contribution in [1.82, 2.24) is 4.90 Å². The predicted molar refractivity (Wildman–Crippen MR) is 91.8 cm³/mol. The minimum atomic E-state index is -0.521. The summed E-state index contributed by atoms with van der Waals surface area (Å²) in [6.07, 6.45) is 0.354. The van der Waals surface area contributed by atoms with E-state index in [0.29, 0.717) is 37.2 Å². The highest BCUT2D eigenvalue weighted by Crippen LogP contribution is 2.21. The van der Waals surface area contributed by atoms with Gasteiger partial charge in [0.1, 0.15) is 6.61 Å². The number of nitrogens with zero attached hydrogens (tertiary/aromatic N) is 2. The van der Waals surface area contributed by atoms with Crippen LogP contribution in [0.1, 0.15) is 32.6 Å². The van der Waals surface area contributed by atoms with Crippen LogP contribution >= 0.6 is 0 Å². The molecule has 0 fully saturated rings. The highest BCUT2D eigenvalue weighted by molar-refractivity contribution is 5.97. The summed E-state index contributed by atoms with van der Waals surface area (Å²) in [6.45, 7) is 0.979. The van der Waals surface area contributed by atoms with Crippen molar-refractivity contribution in [2.75, 3.05) is 13.2 Å². The lowest BCUT2D eigenvalue weighted by Gasteiger charge is -2.20. The van der Waals surface area contributed by atoms with Crippen molar-refractivity contribution in [2.24, 2.45) is 0 Å². The second kappa shape index (κ2) is 7.39. The van der Waals surface area contributed by atoms with Gasteiger partial charge in [0.05, 0.1) is 18.2 Å². The van der Waals surface area contributed by atoms with Gasteiger partial charge in [-0.2, -0.15) is 5.26 Å². The molecule has 0 saturated heterocycles. The summed E-state index contributed by atoms with van der Waals surface area (Å²) in [7, 11) is 0. The Morgan fingerprint density at radius 1 is 1.12 bits per heavy atom. The monoisotopic (exact) mass is 334 g/mol. The molecule has 1 aliphatic heterocycles. The van der Waals surface area contributed by atoms with Gasteiger partial charge in [0.25, 0.3) is 0 Å². The fraction of sp³-hybridized carbons (Fsp3) is 0.250. The predicted octanol–water partition coefficient (Wildman–Crippen LogP) is 1.86. The summed E-state index contributed by atoms with van der Waals surface area (Å²) in [5, 5.41) is 17.9. The van der Waals surface area contributed by atoms with E-state index in [1.807, 2.05) is 17.0 Å². The van der Waals surface area contributed by atoms with Gasteiger partial charge in [0, 0.05) is 25.1 Å². The van der Waals surface area contributed by atoms with Crippen LogP contribution in [-0.2, 0) is 24.3 Å². The number of rotatable bonds is 4. The Morgan fingerprint density at radius 2 is 1.88 bits per heavy atom. The molecule has 0 spiro atoms. The molecule has 0 unspecified atom stereocenters. The van der Waals surface area contributed by atoms with Crippen LogP contribution in [0.4, 0.5) is 0 Å². The molecule has 126 valence electrons. The van der Waals surface area contributed by atoms with E-state index < -0.39 is 6.61 Å². The van der Waals surface area contributed by atoms with Crippen molar-refractivity contribution in [3.8, 4) is 6.07 Å². The second-order valence-electron chi connectivity index (χ2n) is 6.23. The topological polar surface area (TPSA) is 81.4 Å². The molecule has 1 aliphatic rings. The lowest BCUT2D eigenvalue weighted by atomic mass is 9.99. The minimum Gasteiger partial charge on any atom is -0.388 e. The number of nitriles is 1. The third kappa shape index (κ3) is 4.00. The Morgan fingerprint density at radius 3 is 2.56 bits per heavy atom. The maximum atomic E-state index is 12.2. The Kier molecular flexibility index (Phi) is 5.03. The maximum absolute atomic E-state index is 12.2. The lowest BCUT2D eigenvalue weighted by molar-refractivity contribution is -0.119. The minimum absolute atomic E-state index is 0.133. The van der Waals surface area contributed by atoms with Gasteiger partial charge in [-0.3, -0.25) is 14.5 Å². The second-order valence-corrected chi connectivity index (χ2v) is 6.23. The molecule has 5 nitrogen and oxygen atoms in total. The smallest absolute Gasteiger partial charge is 0.188 e. The molecule has 0 aliphatic carbocycles. The van der Waals surface area contributed by atoms with Crippen LogP contribution in [0.2, 0.25) is 0 Å². The first-order valence-electron chi connectivity index (χ1n) is 8.08. The Hall–Kier alpha value is -2.81.